The molecule has 0 spiro atoms. The van der Waals surface area contributed by atoms with E-state index in [0.29, 0.717) is 19.4 Å². The van der Waals surface area contributed by atoms with E-state index in [1.165, 1.54) is 0 Å². The van der Waals surface area contributed by atoms with Crippen LogP contribution >= 0.6 is 0 Å². The zero-order valence-corrected chi connectivity index (χ0v) is 19.7. The second-order valence-corrected chi connectivity index (χ2v) is 8.02. The molecule has 0 radical (unpaired) electrons. The number of carbonyl (C=O) groups is 7. The number of primary amides is 2. The molecule has 0 aromatic heterocycles. The number of rotatable bonds is 19. The van der Waals surface area contributed by atoms with Crippen LogP contribution in [-0.2, 0) is 33.6 Å². The van der Waals surface area contributed by atoms with Gasteiger partial charge in [0, 0.05) is 12.8 Å². The summed E-state index contributed by atoms with van der Waals surface area (Å²) in [6, 6.07) is -5.64. The summed E-state index contributed by atoms with van der Waals surface area (Å²) < 4.78 is 0. The molecule has 204 valence electrons. The first-order chi connectivity index (χ1) is 16.8. The lowest BCUT2D eigenvalue weighted by atomic mass is 10.0. The molecule has 4 atom stereocenters. The average molecular weight is 518 g/mol. The highest BCUT2D eigenvalue weighted by molar-refractivity contribution is 5.95. The minimum atomic E-state index is -1.73. The number of carboxylic acid groups (broad SMARTS) is 2. The lowest BCUT2D eigenvalue weighted by Crippen LogP contribution is -2.57. The molecule has 0 rings (SSSR count). The fourth-order valence-corrected chi connectivity index (χ4v) is 2.96. The molecule has 0 fully saturated rings. The van der Waals surface area contributed by atoms with Crippen LogP contribution in [0.2, 0.25) is 0 Å². The Balaban J connectivity index is 5.59. The second-order valence-electron chi connectivity index (χ2n) is 8.02. The van der Waals surface area contributed by atoms with E-state index in [4.69, 9.17) is 28.0 Å². The van der Waals surface area contributed by atoms with E-state index in [-0.39, 0.29) is 19.3 Å². The molecule has 0 heterocycles. The smallest absolute Gasteiger partial charge is 0.326 e. The Morgan fingerprint density at radius 3 is 1.61 bits per heavy atom. The third kappa shape index (κ3) is 13.8. The van der Waals surface area contributed by atoms with Crippen molar-refractivity contribution in [1.82, 2.24) is 16.0 Å². The van der Waals surface area contributed by atoms with Crippen molar-refractivity contribution in [3.05, 3.63) is 0 Å². The van der Waals surface area contributed by atoms with E-state index in [0.717, 1.165) is 0 Å². The summed E-state index contributed by atoms with van der Waals surface area (Å²) in [5.41, 5.74) is 21.3. The van der Waals surface area contributed by atoms with E-state index in [2.05, 4.69) is 10.6 Å². The van der Waals surface area contributed by atoms with E-state index in [1.807, 2.05) is 5.32 Å². The van der Waals surface area contributed by atoms with E-state index in [9.17, 15) is 38.7 Å². The lowest BCUT2D eigenvalue weighted by Gasteiger charge is -2.24. The van der Waals surface area contributed by atoms with Crippen molar-refractivity contribution < 1.29 is 43.8 Å². The first-order valence-electron chi connectivity index (χ1n) is 11.2. The standard InChI is InChI=1S/C20H35N7O9/c21-8-2-1-3-10(22)17(32)25-11(4-6-14(23)28)18(33)26-12(5-7-16(30)31)19(34)27-13(20(35)36)9-15(24)29/h10-13H,1-9,21-22H2,(H2,23,28)(H2,24,29)(H,25,32)(H,26,33)(H,27,34)(H,30,31)(H,35,36). The van der Waals surface area contributed by atoms with Crippen LogP contribution in [0.4, 0.5) is 0 Å². The van der Waals surface area contributed by atoms with Crippen molar-refractivity contribution in [2.24, 2.45) is 22.9 Å². The third-order valence-electron chi connectivity index (χ3n) is 4.92. The molecule has 0 aliphatic heterocycles. The summed E-state index contributed by atoms with van der Waals surface area (Å²) >= 11 is 0. The van der Waals surface area contributed by atoms with Gasteiger partial charge in [-0.2, -0.15) is 0 Å². The van der Waals surface area contributed by atoms with Crippen molar-refractivity contribution in [2.75, 3.05) is 6.54 Å². The van der Waals surface area contributed by atoms with Crippen LogP contribution in [0.3, 0.4) is 0 Å². The Hall–Kier alpha value is -3.79. The molecular weight excluding hydrogens is 482 g/mol. The number of nitrogens with one attached hydrogen (secondary N) is 3. The van der Waals surface area contributed by atoms with Gasteiger partial charge in [-0.3, -0.25) is 28.8 Å². The molecule has 4 unspecified atom stereocenters. The fourth-order valence-electron chi connectivity index (χ4n) is 2.96. The second kappa shape index (κ2) is 16.8. The summed E-state index contributed by atoms with van der Waals surface area (Å²) in [6.07, 6.45) is -0.910. The Labute approximate surface area is 206 Å². The predicted molar refractivity (Wildman–Crippen MR) is 123 cm³/mol. The van der Waals surface area contributed by atoms with Gasteiger partial charge in [-0.15, -0.1) is 0 Å². The highest BCUT2D eigenvalue weighted by atomic mass is 16.4. The van der Waals surface area contributed by atoms with Gasteiger partial charge in [-0.05, 0) is 32.2 Å². The monoisotopic (exact) mass is 517 g/mol. The van der Waals surface area contributed by atoms with Gasteiger partial charge in [0.2, 0.25) is 29.5 Å². The number of aliphatic carboxylic acids is 2. The molecule has 16 heteroatoms. The van der Waals surface area contributed by atoms with Gasteiger partial charge in [0.15, 0.2) is 0 Å². The van der Waals surface area contributed by atoms with Crippen molar-refractivity contribution in [3.8, 4) is 0 Å². The third-order valence-corrected chi connectivity index (χ3v) is 4.92. The summed E-state index contributed by atoms with van der Waals surface area (Å²) in [5, 5.41) is 24.8. The van der Waals surface area contributed by atoms with Crippen LogP contribution in [0.5, 0.6) is 0 Å². The zero-order valence-electron chi connectivity index (χ0n) is 19.7. The van der Waals surface area contributed by atoms with Crippen LogP contribution in [0, 0.1) is 0 Å². The normalized spacial score (nSPS) is 13.9. The van der Waals surface area contributed by atoms with Gasteiger partial charge >= 0.3 is 11.9 Å². The quantitative estimate of drug-likeness (QED) is 0.0743. The molecule has 0 aromatic rings. The number of hydrogen-bond acceptors (Lipinski definition) is 9. The van der Waals surface area contributed by atoms with Crippen LogP contribution in [0.15, 0.2) is 0 Å². The van der Waals surface area contributed by atoms with Crippen LogP contribution < -0.4 is 38.9 Å². The number of unbranched alkanes of at least 4 members (excludes halogenated alkanes) is 1. The lowest BCUT2D eigenvalue weighted by molar-refractivity contribution is -0.144. The zero-order chi connectivity index (χ0) is 27.8. The topological polar surface area (TPSA) is 300 Å². The van der Waals surface area contributed by atoms with Gasteiger partial charge in [0.25, 0.3) is 0 Å². The maximum absolute atomic E-state index is 12.9. The number of carboxylic acids is 2. The molecule has 0 bridgehead atoms. The van der Waals surface area contributed by atoms with Crippen molar-refractivity contribution in [2.45, 2.75) is 75.5 Å². The van der Waals surface area contributed by atoms with Gasteiger partial charge in [-0.1, -0.05) is 6.42 Å². The Morgan fingerprint density at radius 1 is 0.667 bits per heavy atom. The van der Waals surface area contributed by atoms with Crippen LogP contribution in [-0.4, -0.2) is 82.4 Å². The minimum absolute atomic E-state index is 0.255. The van der Waals surface area contributed by atoms with E-state index < -0.39 is 84.9 Å². The average Bonchev–Trinajstić information content (AvgIpc) is 2.77. The Bertz CT molecular complexity index is 821. The number of nitrogens with two attached hydrogens (primary N) is 4. The molecule has 16 nitrogen and oxygen atoms in total. The summed E-state index contributed by atoms with van der Waals surface area (Å²) in [5.74, 6) is -7.47. The highest BCUT2D eigenvalue weighted by Gasteiger charge is 2.31. The summed E-state index contributed by atoms with van der Waals surface area (Å²) in [6.45, 7) is 0.403. The van der Waals surface area contributed by atoms with Gasteiger partial charge < -0.3 is 49.1 Å². The van der Waals surface area contributed by atoms with Crippen LogP contribution in [0.1, 0.15) is 51.4 Å². The predicted octanol–water partition coefficient (Wildman–Crippen LogP) is -4.01. The Kier molecular flexibility index (Phi) is 15.0. The van der Waals surface area contributed by atoms with Gasteiger partial charge in [0.1, 0.15) is 18.1 Å². The Morgan fingerprint density at radius 2 is 1.17 bits per heavy atom. The molecule has 0 aliphatic carbocycles. The van der Waals surface area contributed by atoms with Crippen molar-refractivity contribution >= 4 is 41.5 Å². The minimum Gasteiger partial charge on any atom is -0.481 e. The molecule has 36 heavy (non-hydrogen) atoms. The van der Waals surface area contributed by atoms with Gasteiger partial charge in [-0.25, -0.2) is 4.79 Å². The maximum atomic E-state index is 12.9. The summed E-state index contributed by atoms with van der Waals surface area (Å²) in [4.78, 5) is 82.5. The van der Waals surface area contributed by atoms with E-state index >= 15 is 0 Å². The fraction of sp³-hybridized carbons (Fsp3) is 0.650. The first kappa shape index (κ1) is 32.2. The maximum Gasteiger partial charge on any atom is 0.326 e. The van der Waals surface area contributed by atoms with Crippen LogP contribution in [0.25, 0.3) is 0 Å². The molecule has 13 N–H and O–H groups in total. The number of hydrogen-bond donors (Lipinski definition) is 9. The number of amides is 5. The number of carbonyl (C=O) groups excluding carboxylic acids is 5. The highest BCUT2D eigenvalue weighted by Crippen LogP contribution is 2.06. The molecule has 0 aliphatic rings. The molecule has 0 saturated heterocycles. The van der Waals surface area contributed by atoms with Crippen molar-refractivity contribution in [3.63, 3.8) is 0 Å². The first-order valence-corrected chi connectivity index (χ1v) is 11.2. The van der Waals surface area contributed by atoms with E-state index in [1.54, 1.807) is 0 Å². The summed E-state index contributed by atoms with van der Waals surface area (Å²) in [7, 11) is 0. The van der Waals surface area contributed by atoms with Crippen molar-refractivity contribution in [1.29, 1.82) is 0 Å². The van der Waals surface area contributed by atoms with Gasteiger partial charge in [0.05, 0.1) is 12.5 Å². The molecular formula is C20H35N7O9. The largest absolute Gasteiger partial charge is 0.481 e. The molecule has 5 amide bonds. The molecule has 0 aromatic carbocycles. The molecule has 0 saturated carbocycles. The SMILES string of the molecule is NCCCCC(N)C(=O)NC(CCC(N)=O)C(=O)NC(CCC(=O)O)C(=O)NC(CC(N)=O)C(=O)O.